The van der Waals surface area contributed by atoms with Gasteiger partial charge in [0.15, 0.2) is 0 Å². The SMILES string of the molecule is CCc1cc(-c2ccc(NS(=O)(=O)c3ccccc3Cl)c(F)c2)cc2cnc(N[C@@H]3CC[C@H](N)C3)nc12. The van der Waals surface area contributed by atoms with Gasteiger partial charge in [0.05, 0.1) is 16.2 Å². The number of fused-ring (bicyclic) bond motifs is 1. The van der Waals surface area contributed by atoms with Crippen molar-refractivity contribution in [2.45, 2.75) is 49.6 Å². The summed E-state index contributed by atoms with van der Waals surface area (Å²) in [6.07, 6.45) is 5.39. The van der Waals surface area contributed by atoms with Crippen LogP contribution >= 0.6 is 11.6 Å². The predicted octanol–water partition coefficient (Wildman–Crippen LogP) is 5.74. The Morgan fingerprint density at radius 1 is 1.11 bits per heavy atom. The lowest BCUT2D eigenvalue weighted by Crippen LogP contribution is -2.21. The Balaban J connectivity index is 1.43. The number of nitrogens with two attached hydrogens (primary N) is 1. The van der Waals surface area contributed by atoms with Crippen molar-refractivity contribution in [1.82, 2.24) is 9.97 Å². The summed E-state index contributed by atoms with van der Waals surface area (Å²) in [4.78, 5) is 9.12. The Kier molecular flexibility index (Phi) is 7.02. The third-order valence-electron chi connectivity index (χ3n) is 6.62. The molecule has 0 saturated heterocycles. The van der Waals surface area contributed by atoms with Gasteiger partial charge in [-0.05, 0) is 78.8 Å². The molecular formula is C27H27ClFN5O2S. The van der Waals surface area contributed by atoms with Crippen molar-refractivity contribution in [3.63, 3.8) is 0 Å². The van der Waals surface area contributed by atoms with Crippen molar-refractivity contribution < 1.29 is 12.8 Å². The maximum atomic E-state index is 15.1. The summed E-state index contributed by atoms with van der Waals surface area (Å²) in [6, 6.07) is 14.8. The second kappa shape index (κ2) is 10.2. The van der Waals surface area contributed by atoms with Gasteiger partial charge in [-0.15, -0.1) is 0 Å². The third-order valence-corrected chi connectivity index (χ3v) is 8.49. The number of aryl methyl sites for hydroxylation is 1. The first-order valence-electron chi connectivity index (χ1n) is 12.1. The highest BCUT2D eigenvalue weighted by molar-refractivity contribution is 7.92. The van der Waals surface area contributed by atoms with Crippen LogP contribution in [0.2, 0.25) is 5.02 Å². The fourth-order valence-corrected chi connectivity index (χ4v) is 6.28. The number of halogens is 2. The molecule has 0 radical (unpaired) electrons. The molecule has 4 N–H and O–H groups in total. The zero-order chi connectivity index (χ0) is 26.2. The van der Waals surface area contributed by atoms with Crippen molar-refractivity contribution in [2.75, 3.05) is 10.0 Å². The van der Waals surface area contributed by atoms with Gasteiger partial charge in [-0.2, -0.15) is 0 Å². The van der Waals surface area contributed by atoms with Crippen LogP contribution in [-0.2, 0) is 16.4 Å². The van der Waals surface area contributed by atoms with E-state index in [4.69, 9.17) is 22.3 Å². The van der Waals surface area contributed by atoms with Gasteiger partial charge in [-0.3, -0.25) is 4.72 Å². The number of nitrogens with zero attached hydrogens (tertiary/aromatic N) is 2. The summed E-state index contributed by atoms with van der Waals surface area (Å²) in [5.41, 5.74) is 9.10. The number of sulfonamides is 1. The van der Waals surface area contributed by atoms with Crippen LogP contribution in [0.25, 0.3) is 22.0 Å². The highest BCUT2D eigenvalue weighted by atomic mass is 35.5. The fourth-order valence-electron chi connectivity index (χ4n) is 4.69. The number of hydrogen-bond acceptors (Lipinski definition) is 6. The van der Waals surface area contributed by atoms with Crippen molar-refractivity contribution in [2.24, 2.45) is 5.73 Å². The van der Waals surface area contributed by atoms with Crippen molar-refractivity contribution >= 4 is 44.2 Å². The molecule has 0 bridgehead atoms. The molecule has 1 heterocycles. The lowest BCUT2D eigenvalue weighted by Gasteiger charge is -2.15. The molecule has 1 aromatic heterocycles. The summed E-state index contributed by atoms with van der Waals surface area (Å²) < 4.78 is 42.8. The molecule has 1 fully saturated rings. The van der Waals surface area contributed by atoms with Gasteiger partial charge in [-0.25, -0.2) is 22.8 Å². The Morgan fingerprint density at radius 3 is 2.62 bits per heavy atom. The summed E-state index contributed by atoms with van der Waals surface area (Å²) in [7, 11) is -4.05. The Labute approximate surface area is 220 Å². The normalized spacial score (nSPS) is 17.7. The summed E-state index contributed by atoms with van der Waals surface area (Å²) in [6.45, 7) is 2.04. The molecule has 7 nitrogen and oxygen atoms in total. The first-order chi connectivity index (χ1) is 17.7. The lowest BCUT2D eigenvalue weighted by atomic mass is 9.98. The van der Waals surface area contributed by atoms with E-state index in [2.05, 4.69) is 15.0 Å². The van der Waals surface area contributed by atoms with E-state index in [9.17, 15) is 8.42 Å². The molecular weight excluding hydrogens is 513 g/mol. The summed E-state index contributed by atoms with van der Waals surface area (Å²) in [5, 5.41) is 4.29. The van der Waals surface area contributed by atoms with E-state index < -0.39 is 15.8 Å². The number of benzene rings is 3. The second-order valence-corrected chi connectivity index (χ2v) is 11.3. The van der Waals surface area contributed by atoms with Crippen LogP contribution in [0.15, 0.2) is 65.7 Å². The van der Waals surface area contributed by atoms with E-state index in [0.717, 1.165) is 47.7 Å². The summed E-state index contributed by atoms with van der Waals surface area (Å²) in [5.74, 6) is -0.118. The van der Waals surface area contributed by atoms with Crippen molar-refractivity contribution in [1.29, 1.82) is 0 Å². The smallest absolute Gasteiger partial charge is 0.263 e. The minimum Gasteiger partial charge on any atom is -0.351 e. The standard InChI is InChI=1S/C27H27ClFN5O2S/c1-2-16-11-18(12-19-15-31-27(33-26(16)19)32-21-9-8-20(30)14-21)17-7-10-24(23(29)13-17)34-37(35,36)25-6-4-3-5-22(25)28/h3-7,10-13,15,20-21,34H,2,8-9,14,30H2,1H3,(H,31,32,33)/t20-,21+/m0/s1. The first-order valence-corrected chi connectivity index (χ1v) is 14.0. The van der Waals surface area contributed by atoms with Gasteiger partial charge in [0, 0.05) is 23.7 Å². The molecule has 4 aromatic rings. The van der Waals surface area contributed by atoms with Crippen LogP contribution in [0.1, 0.15) is 31.7 Å². The molecule has 2 atom stereocenters. The second-order valence-electron chi connectivity index (χ2n) is 9.27. The maximum absolute atomic E-state index is 15.1. The Bertz CT molecular complexity index is 1580. The van der Waals surface area contributed by atoms with Gasteiger partial charge in [-0.1, -0.05) is 36.7 Å². The van der Waals surface area contributed by atoms with E-state index in [-0.39, 0.29) is 27.7 Å². The minimum absolute atomic E-state index is 0.0580. The highest BCUT2D eigenvalue weighted by Gasteiger charge is 2.23. The molecule has 1 saturated carbocycles. The topological polar surface area (TPSA) is 110 Å². The minimum atomic E-state index is -4.05. The molecule has 5 rings (SSSR count). The van der Waals surface area contributed by atoms with Crippen LogP contribution in [-0.4, -0.2) is 30.5 Å². The number of aromatic nitrogens is 2. The first kappa shape index (κ1) is 25.4. The van der Waals surface area contributed by atoms with Gasteiger partial charge >= 0.3 is 0 Å². The Hall–Kier alpha value is -3.27. The van der Waals surface area contributed by atoms with Crippen LogP contribution in [0.5, 0.6) is 0 Å². The number of rotatable bonds is 7. The van der Waals surface area contributed by atoms with Crippen molar-refractivity contribution in [3.05, 3.63) is 77.2 Å². The van der Waals surface area contributed by atoms with Gasteiger partial charge in [0.1, 0.15) is 10.7 Å². The molecule has 192 valence electrons. The van der Waals surface area contributed by atoms with Crippen LogP contribution in [0, 0.1) is 5.82 Å². The number of anilines is 2. The summed E-state index contributed by atoms with van der Waals surface area (Å²) >= 11 is 6.02. The third kappa shape index (κ3) is 5.39. The van der Waals surface area contributed by atoms with Gasteiger partial charge in [0.25, 0.3) is 10.0 Å². The Morgan fingerprint density at radius 2 is 1.92 bits per heavy atom. The predicted molar refractivity (Wildman–Crippen MR) is 146 cm³/mol. The van der Waals surface area contributed by atoms with E-state index in [1.807, 2.05) is 19.1 Å². The van der Waals surface area contributed by atoms with E-state index in [1.54, 1.807) is 24.4 Å². The van der Waals surface area contributed by atoms with Crippen LogP contribution < -0.4 is 15.8 Å². The molecule has 0 aliphatic heterocycles. The fraction of sp³-hybridized carbons (Fsp3) is 0.259. The maximum Gasteiger partial charge on any atom is 0.263 e. The quantitative estimate of drug-likeness (QED) is 0.276. The molecule has 0 spiro atoms. The zero-order valence-corrected chi connectivity index (χ0v) is 21.8. The zero-order valence-electron chi connectivity index (χ0n) is 20.2. The van der Waals surface area contributed by atoms with E-state index in [0.29, 0.717) is 11.5 Å². The number of hydrogen-bond donors (Lipinski definition) is 3. The largest absolute Gasteiger partial charge is 0.351 e. The van der Waals surface area contributed by atoms with Gasteiger partial charge < -0.3 is 11.1 Å². The average Bonchev–Trinajstić information content (AvgIpc) is 3.29. The van der Waals surface area contributed by atoms with Gasteiger partial charge in [0.2, 0.25) is 5.95 Å². The van der Waals surface area contributed by atoms with E-state index >= 15 is 4.39 Å². The average molecular weight is 540 g/mol. The van der Waals surface area contributed by atoms with E-state index in [1.165, 1.54) is 24.3 Å². The molecule has 0 unspecified atom stereocenters. The van der Waals surface area contributed by atoms with Crippen molar-refractivity contribution in [3.8, 4) is 11.1 Å². The molecule has 3 aromatic carbocycles. The monoisotopic (exact) mass is 539 g/mol. The molecule has 1 aliphatic rings. The molecule has 37 heavy (non-hydrogen) atoms. The van der Waals surface area contributed by atoms with Crippen LogP contribution in [0.3, 0.4) is 0 Å². The molecule has 10 heteroatoms. The van der Waals surface area contributed by atoms with Crippen LogP contribution in [0.4, 0.5) is 16.0 Å². The molecule has 0 amide bonds. The molecule has 1 aliphatic carbocycles. The highest BCUT2D eigenvalue weighted by Crippen LogP contribution is 2.31. The number of nitrogens with one attached hydrogen (secondary N) is 2. The lowest BCUT2D eigenvalue weighted by molar-refractivity contribution is 0.598.